The van der Waals surface area contributed by atoms with E-state index in [1.54, 1.807) is 37.3 Å². The van der Waals surface area contributed by atoms with Crippen LogP contribution >= 0.6 is 11.6 Å². The second-order valence-corrected chi connectivity index (χ2v) is 8.25. The number of nitrogens with one attached hydrogen (secondary N) is 2. The number of aryl methyl sites for hydroxylation is 1. The summed E-state index contributed by atoms with van der Waals surface area (Å²) >= 11 is 5.89. The molecule has 0 heterocycles. The summed E-state index contributed by atoms with van der Waals surface area (Å²) in [6.45, 7) is 3.51. The van der Waals surface area contributed by atoms with E-state index < -0.39 is 10.0 Å². The Hall–Kier alpha value is -2.09. The highest BCUT2D eigenvalue weighted by atomic mass is 35.5. The van der Waals surface area contributed by atoms with Gasteiger partial charge in [0.25, 0.3) is 10.0 Å². The number of carbonyl (C=O) groups is 1. The summed E-state index contributed by atoms with van der Waals surface area (Å²) in [6.07, 6.45) is 0.827. The van der Waals surface area contributed by atoms with Gasteiger partial charge in [0.15, 0.2) is 0 Å². The lowest BCUT2D eigenvalue weighted by molar-refractivity contribution is -0.116. The number of hydrogen-bond donors (Lipinski definition) is 3. The Kier molecular flexibility index (Phi) is 6.63. The first-order valence-electron chi connectivity index (χ1n) is 8.12. The van der Waals surface area contributed by atoms with Crippen molar-refractivity contribution in [1.82, 2.24) is 0 Å². The molecule has 0 saturated carbocycles. The maximum atomic E-state index is 12.7. The third-order valence-electron chi connectivity index (χ3n) is 3.66. The van der Waals surface area contributed by atoms with Gasteiger partial charge < -0.3 is 11.1 Å². The molecule has 4 N–H and O–H groups in total. The van der Waals surface area contributed by atoms with Crippen molar-refractivity contribution in [2.24, 2.45) is 5.73 Å². The molecule has 0 aliphatic carbocycles. The van der Waals surface area contributed by atoms with Crippen molar-refractivity contribution in [3.63, 3.8) is 0 Å². The fourth-order valence-electron chi connectivity index (χ4n) is 2.31. The molecular formula is C18H22ClN3O3S. The first-order chi connectivity index (χ1) is 12.2. The number of sulfonamides is 1. The SMILES string of the molecule is Cc1ccc(NC(=O)CCC(C)N)cc1S(=O)(=O)Nc1cccc(Cl)c1. The molecule has 0 radical (unpaired) electrons. The van der Waals surface area contributed by atoms with Crippen LogP contribution in [0.3, 0.4) is 0 Å². The summed E-state index contributed by atoms with van der Waals surface area (Å²) < 4.78 is 27.9. The molecule has 2 aromatic rings. The van der Waals surface area contributed by atoms with E-state index in [4.69, 9.17) is 17.3 Å². The highest BCUT2D eigenvalue weighted by Gasteiger charge is 2.18. The van der Waals surface area contributed by atoms with E-state index in [-0.39, 0.29) is 23.3 Å². The normalized spacial score (nSPS) is 12.5. The summed E-state index contributed by atoms with van der Waals surface area (Å²) in [5.41, 5.74) is 6.98. The average molecular weight is 396 g/mol. The van der Waals surface area contributed by atoms with E-state index in [2.05, 4.69) is 10.0 Å². The van der Waals surface area contributed by atoms with Crippen LogP contribution in [0, 0.1) is 6.92 Å². The van der Waals surface area contributed by atoms with Crippen molar-refractivity contribution in [3.05, 3.63) is 53.1 Å². The zero-order valence-corrected chi connectivity index (χ0v) is 16.2. The van der Waals surface area contributed by atoms with Crippen LogP contribution in [0.25, 0.3) is 0 Å². The van der Waals surface area contributed by atoms with Gasteiger partial charge in [-0.05, 0) is 56.2 Å². The number of benzene rings is 2. The summed E-state index contributed by atoms with van der Waals surface area (Å²) in [7, 11) is -3.82. The predicted octanol–water partition coefficient (Wildman–Crippen LogP) is 3.52. The Balaban J connectivity index is 2.21. The summed E-state index contributed by atoms with van der Waals surface area (Å²) in [4.78, 5) is 12.0. The van der Waals surface area contributed by atoms with Gasteiger partial charge in [-0.2, -0.15) is 0 Å². The van der Waals surface area contributed by atoms with Crippen LogP contribution in [0.2, 0.25) is 5.02 Å². The van der Waals surface area contributed by atoms with Crippen molar-refractivity contribution in [3.8, 4) is 0 Å². The topological polar surface area (TPSA) is 101 Å². The molecule has 8 heteroatoms. The lowest BCUT2D eigenvalue weighted by atomic mass is 10.2. The van der Waals surface area contributed by atoms with Crippen molar-refractivity contribution in [1.29, 1.82) is 0 Å². The van der Waals surface area contributed by atoms with Gasteiger partial charge in [-0.3, -0.25) is 9.52 Å². The Labute approximate surface area is 158 Å². The molecular weight excluding hydrogens is 374 g/mol. The number of amides is 1. The van der Waals surface area contributed by atoms with Gasteiger partial charge in [0.2, 0.25) is 5.91 Å². The largest absolute Gasteiger partial charge is 0.328 e. The first kappa shape index (κ1) is 20.2. The summed E-state index contributed by atoms with van der Waals surface area (Å²) in [5, 5.41) is 3.13. The van der Waals surface area contributed by atoms with Gasteiger partial charge >= 0.3 is 0 Å². The molecule has 0 spiro atoms. The van der Waals surface area contributed by atoms with Crippen molar-refractivity contribution in [2.45, 2.75) is 37.6 Å². The van der Waals surface area contributed by atoms with E-state index in [0.29, 0.717) is 28.4 Å². The number of carbonyl (C=O) groups excluding carboxylic acids is 1. The fraction of sp³-hybridized carbons (Fsp3) is 0.278. The number of anilines is 2. The van der Waals surface area contributed by atoms with Crippen LogP contribution < -0.4 is 15.8 Å². The van der Waals surface area contributed by atoms with Gasteiger partial charge in [-0.1, -0.05) is 23.7 Å². The highest BCUT2D eigenvalue weighted by Crippen LogP contribution is 2.24. The van der Waals surface area contributed by atoms with E-state index in [9.17, 15) is 13.2 Å². The number of nitrogens with two attached hydrogens (primary N) is 1. The molecule has 0 saturated heterocycles. The van der Waals surface area contributed by atoms with E-state index in [0.717, 1.165) is 0 Å². The van der Waals surface area contributed by atoms with Gasteiger partial charge in [0.05, 0.1) is 10.6 Å². The minimum atomic E-state index is -3.82. The molecule has 0 bridgehead atoms. The van der Waals surface area contributed by atoms with Crippen molar-refractivity contribution in [2.75, 3.05) is 10.0 Å². The third kappa shape index (κ3) is 5.72. The lowest BCUT2D eigenvalue weighted by Gasteiger charge is -2.13. The van der Waals surface area contributed by atoms with Crippen molar-refractivity contribution >= 4 is 38.9 Å². The molecule has 2 rings (SSSR count). The van der Waals surface area contributed by atoms with Crippen molar-refractivity contribution < 1.29 is 13.2 Å². The van der Waals surface area contributed by atoms with Crippen LogP contribution in [-0.4, -0.2) is 20.4 Å². The maximum absolute atomic E-state index is 12.7. The Morgan fingerprint density at radius 3 is 2.58 bits per heavy atom. The van der Waals surface area contributed by atoms with Crippen LogP contribution in [0.5, 0.6) is 0 Å². The molecule has 140 valence electrons. The zero-order valence-electron chi connectivity index (χ0n) is 14.6. The van der Waals surface area contributed by atoms with Crippen LogP contribution in [0.15, 0.2) is 47.4 Å². The van der Waals surface area contributed by atoms with E-state index in [1.807, 2.05) is 6.92 Å². The number of hydrogen-bond acceptors (Lipinski definition) is 4. The van der Waals surface area contributed by atoms with Gasteiger partial charge in [-0.15, -0.1) is 0 Å². The van der Waals surface area contributed by atoms with Crippen LogP contribution in [0.1, 0.15) is 25.3 Å². The second-order valence-electron chi connectivity index (χ2n) is 6.16. The summed E-state index contributed by atoms with van der Waals surface area (Å²) in [5.74, 6) is -0.211. The minimum Gasteiger partial charge on any atom is -0.328 e. The Morgan fingerprint density at radius 1 is 1.19 bits per heavy atom. The second kappa shape index (κ2) is 8.53. The molecule has 0 aliphatic heterocycles. The molecule has 0 fully saturated rings. The molecule has 6 nitrogen and oxygen atoms in total. The maximum Gasteiger partial charge on any atom is 0.262 e. The third-order valence-corrected chi connectivity index (χ3v) is 5.42. The lowest BCUT2D eigenvalue weighted by Crippen LogP contribution is -2.20. The number of halogens is 1. The standard InChI is InChI=1S/C18H22ClN3O3S/c1-12-6-8-15(21-18(23)9-7-13(2)20)11-17(12)26(24,25)22-16-5-3-4-14(19)10-16/h3-6,8,10-11,13,22H,7,9,20H2,1-2H3,(H,21,23). The summed E-state index contributed by atoms with van der Waals surface area (Å²) in [6, 6.07) is 11.1. The molecule has 0 aromatic heterocycles. The molecule has 1 unspecified atom stereocenters. The molecule has 26 heavy (non-hydrogen) atoms. The van der Waals surface area contributed by atoms with Crippen LogP contribution in [-0.2, 0) is 14.8 Å². The molecule has 1 atom stereocenters. The first-order valence-corrected chi connectivity index (χ1v) is 9.98. The smallest absolute Gasteiger partial charge is 0.262 e. The van der Waals surface area contributed by atoms with Gasteiger partial charge in [-0.25, -0.2) is 8.42 Å². The average Bonchev–Trinajstić information content (AvgIpc) is 2.54. The predicted molar refractivity (Wildman–Crippen MR) is 105 cm³/mol. The molecule has 1 amide bonds. The fourth-order valence-corrected chi connectivity index (χ4v) is 3.82. The Bertz CT molecular complexity index is 898. The quantitative estimate of drug-likeness (QED) is 0.667. The van der Waals surface area contributed by atoms with E-state index >= 15 is 0 Å². The van der Waals surface area contributed by atoms with E-state index in [1.165, 1.54) is 12.1 Å². The highest BCUT2D eigenvalue weighted by molar-refractivity contribution is 7.92. The van der Waals surface area contributed by atoms with Crippen LogP contribution in [0.4, 0.5) is 11.4 Å². The van der Waals surface area contributed by atoms with Gasteiger partial charge in [0, 0.05) is 23.2 Å². The monoisotopic (exact) mass is 395 g/mol. The zero-order chi connectivity index (χ0) is 19.3. The minimum absolute atomic E-state index is 0.0726. The molecule has 0 aliphatic rings. The molecule has 2 aromatic carbocycles. The van der Waals surface area contributed by atoms with Gasteiger partial charge in [0.1, 0.15) is 0 Å². The number of rotatable bonds is 7. The Morgan fingerprint density at radius 2 is 1.92 bits per heavy atom.